The topological polar surface area (TPSA) is 126 Å². The Hall–Kier alpha value is -3.66. The van der Waals surface area contributed by atoms with E-state index in [1.54, 1.807) is 14.2 Å². The summed E-state index contributed by atoms with van der Waals surface area (Å²) >= 11 is 0. The Morgan fingerprint density at radius 1 is 0.923 bits per heavy atom. The first kappa shape index (κ1) is 33.4. The third-order valence-corrected chi connectivity index (χ3v) is 5.81. The molecule has 10 heteroatoms. The van der Waals surface area contributed by atoms with Crippen LogP contribution in [0.25, 0.3) is 0 Å². The van der Waals surface area contributed by atoms with Gasteiger partial charge >= 0.3 is 11.4 Å². The standard InChI is InChI=1S/C25H34N6O4.2C2H6/c1-17-14-18(2)28-22(26)21(17)15-27-23-29-24(32)30(12-6-5-7-13-34-3)25(33)31(23)16-19-8-10-20(35-4)11-9-19;2*1-2/h8-11,14H,5-7,12-13,15-16H2,1-4H3,(H2,26,28)(H,27,29,32);2*1-2H3. The second-order valence-electron chi connectivity index (χ2n) is 8.44. The summed E-state index contributed by atoms with van der Waals surface area (Å²) in [6, 6.07) is 9.35. The Morgan fingerprint density at radius 3 is 2.18 bits per heavy atom. The van der Waals surface area contributed by atoms with Crippen molar-refractivity contribution in [3.05, 3.63) is 73.7 Å². The van der Waals surface area contributed by atoms with Gasteiger partial charge in [0.2, 0.25) is 5.95 Å². The number of pyridine rings is 1. The van der Waals surface area contributed by atoms with Gasteiger partial charge in [-0.2, -0.15) is 4.98 Å². The number of anilines is 2. The van der Waals surface area contributed by atoms with Crippen molar-refractivity contribution in [2.24, 2.45) is 0 Å². The van der Waals surface area contributed by atoms with Crippen LogP contribution in [0.2, 0.25) is 0 Å². The van der Waals surface area contributed by atoms with E-state index in [-0.39, 0.29) is 19.0 Å². The summed E-state index contributed by atoms with van der Waals surface area (Å²) in [4.78, 5) is 34.7. The van der Waals surface area contributed by atoms with Crippen LogP contribution in [0.4, 0.5) is 11.8 Å². The molecule has 0 bridgehead atoms. The highest BCUT2D eigenvalue weighted by molar-refractivity contribution is 5.47. The maximum atomic E-state index is 13.4. The van der Waals surface area contributed by atoms with Crippen molar-refractivity contribution in [1.82, 2.24) is 19.1 Å². The molecule has 39 heavy (non-hydrogen) atoms. The number of unbranched alkanes of at least 4 members (excludes halogenated alkanes) is 2. The maximum Gasteiger partial charge on any atom is 0.354 e. The molecule has 1 aromatic carbocycles. The summed E-state index contributed by atoms with van der Waals surface area (Å²) < 4.78 is 13.0. The van der Waals surface area contributed by atoms with Gasteiger partial charge < -0.3 is 20.5 Å². The quantitative estimate of drug-likeness (QED) is 0.320. The normalized spacial score (nSPS) is 10.2. The summed E-state index contributed by atoms with van der Waals surface area (Å²) in [6.45, 7) is 13.3. The van der Waals surface area contributed by atoms with E-state index in [1.165, 1.54) is 9.13 Å². The number of hydrogen-bond acceptors (Lipinski definition) is 8. The molecular formula is C29H46N6O4. The third kappa shape index (κ3) is 9.86. The van der Waals surface area contributed by atoms with E-state index in [4.69, 9.17) is 15.2 Å². The highest BCUT2D eigenvalue weighted by Gasteiger charge is 2.15. The number of nitrogen functional groups attached to an aromatic ring is 1. The molecule has 3 N–H and O–H groups in total. The van der Waals surface area contributed by atoms with Crippen LogP contribution in [0.5, 0.6) is 5.75 Å². The molecule has 216 valence electrons. The van der Waals surface area contributed by atoms with Gasteiger partial charge in [0.15, 0.2) is 0 Å². The summed E-state index contributed by atoms with van der Waals surface area (Å²) in [5.74, 6) is 1.31. The number of ether oxygens (including phenoxy) is 2. The van der Waals surface area contributed by atoms with Crippen molar-refractivity contribution < 1.29 is 9.47 Å². The van der Waals surface area contributed by atoms with Gasteiger partial charge in [0, 0.05) is 38.1 Å². The van der Waals surface area contributed by atoms with Crippen molar-refractivity contribution in [3.8, 4) is 5.75 Å². The lowest BCUT2D eigenvalue weighted by atomic mass is 10.1. The van der Waals surface area contributed by atoms with Crippen molar-refractivity contribution in [1.29, 1.82) is 0 Å². The minimum atomic E-state index is -0.582. The molecule has 0 saturated heterocycles. The molecule has 0 aliphatic rings. The second kappa shape index (κ2) is 17.8. The van der Waals surface area contributed by atoms with E-state index in [0.29, 0.717) is 25.4 Å². The largest absolute Gasteiger partial charge is 0.497 e. The fraction of sp³-hybridized carbons (Fsp3) is 0.517. The van der Waals surface area contributed by atoms with E-state index >= 15 is 0 Å². The zero-order chi connectivity index (χ0) is 29.4. The fourth-order valence-electron chi connectivity index (χ4n) is 3.89. The number of aryl methyl sites for hydroxylation is 2. The molecule has 3 aromatic rings. The van der Waals surface area contributed by atoms with Gasteiger partial charge in [-0.25, -0.2) is 19.1 Å². The second-order valence-corrected chi connectivity index (χ2v) is 8.44. The Bertz CT molecular complexity index is 1230. The van der Waals surface area contributed by atoms with Crippen molar-refractivity contribution in [2.45, 2.75) is 80.4 Å². The summed E-state index contributed by atoms with van der Waals surface area (Å²) in [7, 11) is 3.25. The molecule has 0 fully saturated rings. The summed E-state index contributed by atoms with van der Waals surface area (Å²) in [5.41, 5.74) is 8.59. The van der Waals surface area contributed by atoms with E-state index in [2.05, 4.69) is 15.3 Å². The molecule has 2 heterocycles. The molecule has 0 saturated carbocycles. The average Bonchev–Trinajstić information content (AvgIpc) is 2.94. The van der Waals surface area contributed by atoms with Crippen molar-refractivity contribution in [3.63, 3.8) is 0 Å². The molecule has 0 amide bonds. The van der Waals surface area contributed by atoms with E-state index < -0.39 is 11.4 Å². The average molecular weight is 543 g/mol. The molecule has 0 unspecified atom stereocenters. The SMILES string of the molecule is CC.CC.COCCCCCn1c(=O)nc(NCc2c(C)cc(C)nc2N)n(Cc2ccc(OC)cc2)c1=O. The highest BCUT2D eigenvalue weighted by atomic mass is 16.5. The number of rotatable bonds is 12. The van der Waals surface area contributed by atoms with Crippen LogP contribution in [0.1, 0.15) is 69.3 Å². The van der Waals surface area contributed by atoms with Gasteiger partial charge in [0.1, 0.15) is 11.6 Å². The lowest BCUT2D eigenvalue weighted by Crippen LogP contribution is -2.43. The number of nitrogens with zero attached hydrogens (tertiary/aromatic N) is 4. The zero-order valence-electron chi connectivity index (χ0n) is 24.8. The molecule has 2 aromatic heterocycles. The van der Waals surface area contributed by atoms with Gasteiger partial charge in [0.25, 0.3) is 0 Å². The van der Waals surface area contributed by atoms with Gasteiger partial charge in [-0.15, -0.1) is 0 Å². The van der Waals surface area contributed by atoms with E-state index in [1.807, 2.05) is 71.9 Å². The lowest BCUT2D eigenvalue weighted by molar-refractivity contribution is 0.191. The van der Waals surface area contributed by atoms with Crippen molar-refractivity contribution >= 4 is 11.8 Å². The minimum Gasteiger partial charge on any atom is -0.497 e. The third-order valence-electron chi connectivity index (χ3n) is 5.81. The van der Waals surface area contributed by atoms with Crippen LogP contribution in [0, 0.1) is 13.8 Å². The lowest BCUT2D eigenvalue weighted by Gasteiger charge is -2.17. The Kier molecular flexibility index (Phi) is 15.2. The number of nitrogens with two attached hydrogens (primary N) is 1. The van der Waals surface area contributed by atoms with Crippen LogP contribution in [0.3, 0.4) is 0 Å². The maximum absolute atomic E-state index is 13.4. The number of hydrogen-bond donors (Lipinski definition) is 2. The molecule has 0 aliphatic heterocycles. The van der Waals surface area contributed by atoms with Crippen LogP contribution in [0.15, 0.2) is 39.9 Å². The first-order valence-electron chi connectivity index (χ1n) is 13.6. The fourth-order valence-corrected chi connectivity index (χ4v) is 3.89. The predicted molar refractivity (Wildman–Crippen MR) is 159 cm³/mol. The zero-order valence-corrected chi connectivity index (χ0v) is 24.8. The molecule has 10 nitrogen and oxygen atoms in total. The first-order valence-corrected chi connectivity index (χ1v) is 13.6. The minimum absolute atomic E-state index is 0.186. The van der Waals surface area contributed by atoms with Gasteiger partial charge in [0.05, 0.1) is 13.7 Å². The summed E-state index contributed by atoms with van der Waals surface area (Å²) in [5, 5.41) is 3.14. The Labute approximate surface area is 232 Å². The summed E-state index contributed by atoms with van der Waals surface area (Å²) in [6.07, 6.45) is 2.39. The van der Waals surface area contributed by atoms with Crippen LogP contribution in [-0.2, 0) is 24.4 Å². The number of benzene rings is 1. The van der Waals surface area contributed by atoms with E-state index in [0.717, 1.165) is 41.0 Å². The number of nitrogens with one attached hydrogen (secondary N) is 1. The highest BCUT2D eigenvalue weighted by Crippen LogP contribution is 2.18. The van der Waals surface area contributed by atoms with Gasteiger partial charge in [-0.3, -0.25) is 4.57 Å². The van der Waals surface area contributed by atoms with Crippen LogP contribution >= 0.6 is 0 Å². The molecule has 3 rings (SSSR count). The number of methoxy groups -OCH3 is 2. The first-order chi connectivity index (χ1) is 18.8. The van der Waals surface area contributed by atoms with Crippen LogP contribution < -0.4 is 27.2 Å². The molecule has 0 radical (unpaired) electrons. The van der Waals surface area contributed by atoms with Crippen LogP contribution in [-0.4, -0.2) is 39.9 Å². The Morgan fingerprint density at radius 2 is 1.59 bits per heavy atom. The molecule has 0 atom stereocenters. The predicted octanol–water partition coefficient (Wildman–Crippen LogP) is 4.54. The van der Waals surface area contributed by atoms with Gasteiger partial charge in [-0.1, -0.05) is 39.8 Å². The molecular weight excluding hydrogens is 496 g/mol. The number of aromatic nitrogens is 4. The monoisotopic (exact) mass is 542 g/mol. The van der Waals surface area contributed by atoms with Gasteiger partial charge in [-0.05, 0) is 62.4 Å². The Balaban J connectivity index is 0.00000181. The molecule has 0 spiro atoms. The van der Waals surface area contributed by atoms with E-state index in [9.17, 15) is 9.59 Å². The van der Waals surface area contributed by atoms with Crippen molar-refractivity contribution in [2.75, 3.05) is 31.9 Å². The smallest absolute Gasteiger partial charge is 0.354 e. The molecule has 0 aliphatic carbocycles.